The number of unbranched alkanes of at least 4 members (excludes halogenated alkanes) is 5. The summed E-state index contributed by atoms with van der Waals surface area (Å²) in [5.41, 5.74) is 1.87. The van der Waals surface area contributed by atoms with Crippen LogP contribution >= 0.6 is 11.8 Å². The molecule has 0 radical (unpaired) electrons. The molecule has 24 heavy (non-hydrogen) atoms. The van der Waals surface area contributed by atoms with E-state index in [0.717, 1.165) is 29.4 Å². The van der Waals surface area contributed by atoms with E-state index in [0.29, 0.717) is 6.42 Å². The molecule has 1 saturated heterocycles. The van der Waals surface area contributed by atoms with Crippen molar-refractivity contribution in [3.63, 3.8) is 0 Å². The first-order valence-electron chi connectivity index (χ1n) is 9.04. The zero-order chi connectivity index (χ0) is 17.4. The van der Waals surface area contributed by atoms with E-state index in [1.807, 2.05) is 12.3 Å². The SMILES string of the molecule is CCCCCCCCc1cc([C@@H]2C[C@H](O)[C@@H](CO)O2)nc(SC)n1. The van der Waals surface area contributed by atoms with E-state index in [-0.39, 0.29) is 12.7 Å². The highest BCUT2D eigenvalue weighted by Gasteiger charge is 2.35. The summed E-state index contributed by atoms with van der Waals surface area (Å²) in [6, 6.07) is 2.00. The van der Waals surface area contributed by atoms with Gasteiger partial charge in [-0.25, -0.2) is 9.97 Å². The fourth-order valence-corrected chi connectivity index (χ4v) is 3.45. The Morgan fingerprint density at radius 2 is 1.96 bits per heavy atom. The predicted octanol–water partition coefficient (Wildman–Crippen LogP) is 3.28. The van der Waals surface area contributed by atoms with Crippen molar-refractivity contribution in [2.75, 3.05) is 12.9 Å². The average molecular weight is 355 g/mol. The summed E-state index contributed by atoms with van der Waals surface area (Å²) in [6.45, 7) is 2.07. The molecule has 2 heterocycles. The van der Waals surface area contributed by atoms with Crippen molar-refractivity contribution in [1.29, 1.82) is 0 Å². The van der Waals surface area contributed by atoms with E-state index >= 15 is 0 Å². The molecule has 0 amide bonds. The van der Waals surface area contributed by atoms with Crippen LogP contribution in [0.2, 0.25) is 0 Å². The molecular formula is C18H30N2O3S. The van der Waals surface area contributed by atoms with Gasteiger partial charge in [-0.1, -0.05) is 50.8 Å². The molecule has 3 atom stereocenters. The molecule has 2 N–H and O–H groups in total. The second-order valence-electron chi connectivity index (χ2n) is 6.44. The number of aryl methyl sites for hydroxylation is 1. The van der Waals surface area contributed by atoms with Gasteiger partial charge >= 0.3 is 0 Å². The summed E-state index contributed by atoms with van der Waals surface area (Å²) >= 11 is 1.52. The van der Waals surface area contributed by atoms with Crippen molar-refractivity contribution in [2.24, 2.45) is 0 Å². The first-order chi connectivity index (χ1) is 11.7. The zero-order valence-corrected chi connectivity index (χ0v) is 15.6. The lowest BCUT2D eigenvalue weighted by molar-refractivity contribution is -0.0237. The van der Waals surface area contributed by atoms with E-state index in [1.165, 1.54) is 43.9 Å². The first-order valence-corrected chi connectivity index (χ1v) is 10.3. The van der Waals surface area contributed by atoms with Gasteiger partial charge in [0.25, 0.3) is 0 Å². The first kappa shape index (κ1) is 19.6. The van der Waals surface area contributed by atoms with E-state index in [1.54, 1.807) is 0 Å². The molecule has 0 bridgehead atoms. The average Bonchev–Trinajstić information content (AvgIpc) is 2.98. The number of nitrogens with zero attached hydrogens (tertiary/aromatic N) is 2. The minimum absolute atomic E-state index is 0.164. The molecule has 0 saturated carbocycles. The highest BCUT2D eigenvalue weighted by molar-refractivity contribution is 7.98. The van der Waals surface area contributed by atoms with E-state index in [2.05, 4.69) is 16.9 Å². The van der Waals surface area contributed by atoms with Crippen LogP contribution in [0.5, 0.6) is 0 Å². The summed E-state index contributed by atoms with van der Waals surface area (Å²) in [5.74, 6) is 0. The van der Waals surface area contributed by atoms with Crippen LogP contribution in [0.3, 0.4) is 0 Å². The van der Waals surface area contributed by atoms with Crippen molar-refractivity contribution >= 4 is 11.8 Å². The number of aliphatic hydroxyl groups is 2. The Hall–Kier alpha value is -0.690. The molecule has 1 aliphatic rings. The van der Waals surface area contributed by atoms with Crippen molar-refractivity contribution in [1.82, 2.24) is 9.97 Å². The number of rotatable bonds is 10. The van der Waals surface area contributed by atoms with Crippen LogP contribution in [-0.4, -0.2) is 45.3 Å². The van der Waals surface area contributed by atoms with E-state index in [9.17, 15) is 10.2 Å². The van der Waals surface area contributed by atoms with Crippen LogP contribution in [0.15, 0.2) is 11.2 Å². The molecule has 1 aromatic heterocycles. The minimum Gasteiger partial charge on any atom is -0.394 e. The Kier molecular flexibility index (Phi) is 8.45. The summed E-state index contributed by atoms with van der Waals surface area (Å²) in [7, 11) is 0. The molecule has 1 aromatic rings. The standard InChI is InChI=1S/C18H30N2O3S/c1-3-4-5-6-7-8-9-13-10-14(20-18(19-13)24-2)16-11-15(22)17(12-21)23-16/h10,15-17,21-22H,3-9,11-12H2,1-2H3/t15-,16-,17+/m0/s1. The quantitative estimate of drug-likeness (QED) is 0.381. The van der Waals surface area contributed by atoms with Gasteiger partial charge in [0.2, 0.25) is 0 Å². The second-order valence-corrected chi connectivity index (χ2v) is 7.21. The summed E-state index contributed by atoms with van der Waals surface area (Å²) in [5, 5.41) is 19.9. The van der Waals surface area contributed by atoms with Crippen LogP contribution < -0.4 is 0 Å². The molecule has 0 aromatic carbocycles. The summed E-state index contributed by atoms with van der Waals surface area (Å²) < 4.78 is 5.73. The van der Waals surface area contributed by atoms with Crippen LogP contribution in [0.1, 0.15) is 69.4 Å². The molecule has 0 unspecified atom stereocenters. The monoisotopic (exact) mass is 354 g/mol. The topological polar surface area (TPSA) is 75.5 Å². The lowest BCUT2D eigenvalue weighted by Gasteiger charge is -2.13. The maximum atomic E-state index is 9.93. The van der Waals surface area contributed by atoms with Crippen molar-refractivity contribution in [3.8, 4) is 0 Å². The minimum atomic E-state index is -0.630. The molecule has 136 valence electrons. The van der Waals surface area contributed by atoms with E-state index < -0.39 is 12.2 Å². The van der Waals surface area contributed by atoms with Gasteiger partial charge in [-0.2, -0.15) is 0 Å². The number of aromatic nitrogens is 2. The highest BCUT2D eigenvalue weighted by Crippen LogP contribution is 2.33. The third kappa shape index (κ3) is 5.69. The Bertz CT molecular complexity index is 501. The molecule has 2 rings (SSSR count). The number of hydrogen-bond donors (Lipinski definition) is 2. The largest absolute Gasteiger partial charge is 0.394 e. The summed E-state index contributed by atoms with van der Waals surface area (Å²) in [4.78, 5) is 9.14. The normalized spacial score (nSPS) is 23.8. The van der Waals surface area contributed by atoms with E-state index in [4.69, 9.17) is 4.74 Å². The van der Waals surface area contributed by atoms with Gasteiger partial charge in [0.15, 0.2) is 5.16 Å². The number of ether oxygens (including phenoxy) is 1. The smallest absolute Gasteiger partial charge is 0.187 e. The number of thioether (sulfide) groups is 1. The van der Waals surface area contributed by atoms with Crippen LogP contribution in [0, 0.1) is 0 Å². The zero-order valence-electron chi connectivity index (χ0n) is 14.8. The maximum absolute atomic E-state index is 9.93. The van der Waals surface area contributed by atoms with Crippen LogP contribution in [0.4, 0.5) is 0 Å². The lowest BCUT2D eigenvalue weighted by Crippen LogP contribution is -2.24. The third-order valence-corrected chi connectivity index (χ3v) is 5.03. The Labute approximate surface area is 149 Å². The van der Waals surface area contributed by atoms with Gasteiger partial charge in [-0.3, -0.25) is 0 Å². The lowest BCUT2D eigenvalue weighted by atomic mass is 10.1. The Balaban J connectivity index is 1.95. The highest BCUT2D eigenvalue weighted by atomic mass is 32.2. The molecule has 0 spiro atoms. The van der Waals surface area contributed by atoms with Gasteiger partial charge in [-0.05, 0) is 25.2 Å². The molecular weight excluding hydrogens is 324 g/mol. The van der Waals surface area contributed by atoms with Crippen LogP contribution in [-0.2, 0) is 11.2 Å². The molecule has 1 fully saturated rings. The van der Waals surface area contributed by atoms with Crippen molar-refractivity contribution < 1.29 is 14.9 Å². The molecule has 6 heteroatoms. The predicted molar refractivity (Wildman–Crippen MR) is 96.2 cm³/mol. The number of aliphatic hydroxyl groups excluding tert-OH is 2. The molecule has 0 aliphatic carbocycles. The van der Waals surface area contributed by atoms with Crippen molar-refractivity contribution in [3.05, 3.63) is 17.5 Å². The van der Waals surface area contributed by atoms with Gasteiger partial charge in [0, 0.05) is 12.1 Å². The molecule has 5 nitrogen and oxygen atoms in total. The third-order valence-electron chi connectivity index (χ3n) is 4.48. The van der Waals surface area contributed by atoms with Crippen molar-refractivity contribution in [2.45, 2.75) is 81.8 Å². The Morgan fingerprint density at radius 3 is 2.62 bits per heavy atom. The maximum Gasteiger partial charge on any atom is 0.187 e. The van der Waals surface area contributed by atoms with Crippen LogP contribution in [0.25, 0.3) is 0 Å². The van der Waals surface area contributed by atoms with Gasteiger partial charge in [-0.15, -0.1) is 0 Å². The molecule has 1 aliphatic heterocycles. The van der Waals surface area contributed by atoms with Gasteiger partial charge in [0.1, 0.15) is 12.2 Å². The van der Waals surface area contributed by atoms with Gasteiger partial charge < -0.3 is 14.9 Å². The summed E-state index contributed by atoms with van der Waals surface area (Å²) in [6.07, 6.45) is 9.58. The number of hydrogen-bond acceptors (Lipinski definition) is 6. The second kappa shape index (κ2) is 10.3. The fourth-order valence-electron chi connectivity index (χ4n) is 3.05. The van der Waals surface area contributed by atoms with Gasteiger partial charge in [0.05, 0.1) is 18.4 Å². The Morgan fingerprint density at radius 1 is 1.21 bits per heavy atom. The fraction of sp³-hybridized carbons (Fsp3) is 0.778.